The highest BCUT2D eigenvalue weighted by molar-refractivity contribution is 5.76. The molecule has 0 bridgehead atoms. The third-order valence-electron chi connectivity index (χ3n) is 3.07. The Morgan fingerprint density at radius 1 is 1.27 bits per heavy atom. The number of aliphatic carboxylic acids is 1. The second kappa shape index (κ2) is 13.2. The Balaban J connectivity index is 3.87. The van der Waals surface area contributed by atoms with E-state index in [0.717, 1.165) is 19.3 Å². The van der Waals surface area contributed by atoms with E-state index in [1.807, 2.05) is 6.08 Å². The second-order valence-corrected chi connectivity index (χ2v) is 5.03. The lowest BCUT2D eigenvalue weighted by Crippen LogP contribution is -2.45. The van der Waals surface area contributed by atoms with E-state index >= 15 is 0 Å². The van der Waals surface area contributed by atoms with E-state index < -0.39 is 25.3 Å². The molecule has 22 heavy (non-hydrogen) atoms. The van der Waals surface area contributed by atoms with E-state index in [0.29, 0.717) is 12.8 Å². The van der Waals surface area contributed by atoms with Gasteiger partial charge >= 0.3 is 5.97 Å². The Labute approximate surface area is 131 Å². The molecule has 1 atom stereocenters. The standard InChI is InChI=1S/C15H28N2O5/c1-2-3-4-5-6-7-8-13(19)16-9-10-17(11-15(21)22)14(20)12-18/h5-6,14,18,20H,2-4,7-12H2,1H3,(H,16,19)(H,21,22)/b6-5+. The van der Waals surface area contributed by atoms with Crippen LogP contribution in [0, 0.1) is 0 Å². The molecule has 4 N–H and O–H groups in total. The van der Waals surface area contributed by atoms with Crippen LogP contribution in [0.25, 0.3) is 0 Å². The molecule has 0 aliphatic carbocycles. The molecular weight excluding hydrogens is 288 g/mol. The first kappa shape index (κ1) is 20.6. The van der Waals surface area contributed by atoms with Crippen molar-refractivity contribution in [2.75, 3.05) is 26.2 Å². The van der Waals surface area contributed by atoms with E-state index in [9.17, 15) is 14.7 Å². The highest BCUT2D eigenvalue weighted by atomic mass is 16.4. The maximum Gasteiger partial charge on any atom is 0.317 e. The average Bonchev–Trinajstić information content (AvgIpc) is 2.48. The number of carbonyl (C=O) groups is 2. The van der Waals surface area contributed by atoms with Gasteiger partial charge in [0.15, 0.2) is 0 Å². The van der Waals surface area contributed by atoms with Crippen LogP contribution in [0.4, 0.5) is 0 Å². The first-order valence-electron chi connectivity index (χ1n) is 7.67. The molecule has 0 aromatic rings. The zero-order valence-electron chi connectivity index (χ0n) is 13.2. The molecule has 7 heteroatoms. The normalized spacial score (nSPS) is 12.7. The molecule has 1 unspecified atom stereocenters. The van der Waals surface area contributed by atoms with Gasteiger partial charge in [0.05, 0.1) is 13.2 Å². The maximum atomic E-state index is 11.6. The first-order valence-corrected chi connectivity index (χ1v) is 7.67. The lowest BCUT2D eigenvalue weighted by Gasteiger charge is -2.24. The average molecular weight is 316 g/mol. The number of aliphatic hydroxyl groups is 2. The molecule has 0 fully saturated rings. The molecule has 0 radical (unpaired) electrons. The molecule has 128 valence electrons. The minimum atomic E-state index is -1.24. The zero-order valence-corrected chi connectivity index (χ0v) is 13.2. The Morgan fingerprint density at radius 2 is 1.95 bits per heavy atom. The third-order valence-corrected chi connectivity index (χ3v) is 3.07. The van der Waals surface area contributed by atoms with Crippen molar-refractivity contribution >= 4 is 11.9 Å². The van der Waals surface area contributed by atoms with Gasteiger partial charge in [0.1, 0.15) is 6.23 Å². The van der Waals surface area contributed by atoms with Crippen molar-refractivity contribution < 1.29 is 24.9 Å². The van der Waals surface area contributed by atoms with Gasteiger partial charge in [-0.1, -0.05) is 31.9 Å². The van der Waals surface area contributed by atoms with E-state index in [1.54, 1.807) is 0 Å². The number of nitrogens with zero attached hydrogens (tertiary/aromatic N) is 1. The minimum absolute atomic E-state index is 0.117. The monoisotopic (exact) mass is 316 g/mol. The summed E-state index contributed by atoms with van der Waals surface area (Å²) in [6, 6.07) is 0. The molecule has 0 spiro atoms. The fourth-order valence-electron chi connectivity index (χ4n) is 1.82. The van der Waals surface area contributed by atoms with Crippen LogP contribution < -0.4 is 5.32 Å². The highest BCUT2D eigenvalue weighted by Crippen LogP contribution is 1.98. The summed E-state index contributed by atoms with van der Waals surface area (Å²) in [5.74, 6) is -1.22. The molecule has 7 nitrogen and oxygen atoms in total. The van der Waals surface area contributed by atoms with Gasteiger partial charge < -0.3 is 20.6 Å². The van der Waals surface area contributed by atoms with Crippen LogP contribution in [0.15, 0.2) is 12.2 Å². The predicted molar refractivity (Wildman–Crippen MR) is 83.2 cm³/mol. The lowest BCUT2D eigenvalue weighted by molar-refractivity contribution is -0.142. The van der Waals surface area contributed by atoms with Crippen molar-refractivity contribution in [2.24, 2.45) is 0 Å². The van der Waals surface area contributed by atoms with Gasteiger partial charge in [0, 0.05) is 19.5 Å². The van der Waals surface area contributed by atoms with Crippen molar-refractivity contribution in [3.63, 3.8) is 0 Å². The number of carboxylic acids is 1. The number of aliphatic hydroxyl groups excluding tert-OH is 2. The van der Waals surface area contributed by atoms with Gasteiger partial charge in [-0.15, -0.1) is 0 Å². The van der Waals surface area contributed by atoms with E-state index in [4.69, 9.17) is 10.2 Å². The first-order chi connectivity index (χ1) is 10.5. The second-order valence-electron chi connectivity index (χ2n) is 5.03. The minimum Gasteiger partial charge on any atom is -0.480 e. The van der Waals surface area contributed by atoms with Crippen molar-refractivity contribution in [1.29, 1.82) is 0 Å². The number of allylic oxidation sites excluding steroid dienone is 2. The number of carbonyl (C=O) groups excluding carboxylic acids is 1. The van der Waals surface area contributed by atoms with Crippen molar-refractivity contribution in [3.05, 3.63) is 12.2 Å². The number of carboxylic acid groups (broad SMARTS) is 1. The summed E-state index contributed by atoms with van der Waals surface area (Å²) in [7, 11) is 0. The molecule has 0 aromatic heterocycles. The SMILES string of the molecule is CCCC/C=C/CCC(=O)NCCN(CC(=O)O)C(O)CO. The molecule has 0 saturated heterocycles. The van der Waals surface area contributed by atoms with Crippen LogP contribution in [0.2, 0.25) is 0 Å². The van der Waals surface area contributed by atoms with E-state index in [1.165, 1.54) is 4.90 Å². The van der Waals surface area contributed by atoms with Gasteiger partial charge in [-0.2, -0.15) is 0 Å². The summed E-state index contributed by atoms with van der Waals surface area (Å²) in [4.78, 5) is 23.4. The Bertz CT molecular complexity index is 347. The van der Waals surface area contributed by atoms with Crippen LogP contribution in [-0.4, -0.2) is 64.6 Å². The smallest absolute Gasteiger partial charge is 0.317 e. The fourth-order valence-corrected chi connectivity index (χ4v) is 1.82. The number of nitrogens with one attached hydrogen (secondary N) is 1. The summed E-state index contributed by atoms with van der Waals surface area (Å²) in [5, 5.41) is 29.7. The van der Waals surface area contributed by atoms with Crippen molar-refractivity contribution in [2.45, 2.75) is 45.3 Å². The molecule has 1 amide bonds. The van der Waals surface area contributed by atoms with Gasteiger partial charge in [-0.3, -0.25) is 14.5 Å². The summed E-state index contributed by atoms with van der Waals surface area (Å²) >= 11 is 0. The molecule has 0 aliphatic rings. The number of hydrogen-bond acceptors (Lipinski definition) is 5. The summed E-state index contributed by atoms with van der Waals surface area (Å²) in [6.07, 6.45) is 7.20. The summed E-state index contributed by atoms with van der Waals surface area (Å²) < 4.78 is 0. The lowest BCUT2D eigenvalue weighted by atomic mass is 10.2. The summed E-state index contributed by atoms with van der Waals surface area (Å²) in [6.45, 7) is 1.57. The number of unbranched alkanes of at least 4 members (excludes halogenated alkanes) is 2. The maximum absolute atomic E-state index is 11.6. The zero-order chi connectivity index (χ0) is 16.8. The third kappa shape index (κ3) is 11.2. The molecular formula is C15H28N2O5. The van der Waals surface area contributed by atoms with E-state index in [2.05, 4.69) is 18.3 Å². The van der Waals surface area contributed by atoms with E-state index in [-0.39, 0.29) is 19.0 Å². The van der Waals surface area contributed by atoms with Crippen LogP contribution in [0.3, 0.4) is 0 Å². The number of amides is 1. The van der Waals surface area contributed by atoms with Crippen LogP contribution in [0.5, 0.6) is 0 Å². The molecule has 0 rings (SSSR count). The van der Waals surface area contributed by atoms with Gasteiger partial charge in [0.25, 0.3) is 0 Å². The van der Waals surface area contributed by atoms with Crippen LogP contribution in [-0.2, 0) is 9.59 Å². The van der Waals surface area contributed by atoms with Gasteiger partial charge in [-0.25, -0.2) is 0 Å². The Morgan fingerprint density at radius 3 is 2.55 bits per heavy atom. The van der Waals surface area contributed by atoms with Crippen LogP contribution in [0.1, 0.15) is 39.0 Å². The highest BCUT2D eigenvalue weighted by Gasteiger charge is 2.17. The molecule has 0 saturated carbocycles. The van der Waals surface area contributed by atoms with Crippen LogP contribution >= 0.6 is 0 Å². The Kier molecular flexibility index (Phi) is 12.4. The van der Waals surface area contributed by atoms with Gasteiger partial charge in [-0.05, 0) is 12.8 Å². The molecule has 0 aromatic carbocycles. The number of hydrogen-bond donors (Lipinski definition) is 4. The molecule has 0 heterocycles. The van der Waals surface area contributed by atoms with Crippen molar-refractivity contribution in [3.8, 4) is 0 Å². The Hall–Kier alpha value is -1.44. The largest absolute Gasteiger partial charge is 0.480 e. The predicted octanol–water partition coefficient (Wildman–Crippen LogP) is 0.327. The molecule has 0 aliphatic heterocycles. The van der Waals surface area contributed by atoms with Crippen molar-refractivity contribution in [1.82, 2.24) is 10.2 Å². The number of rotatable bonds is 13. The van der Waals surface area contributed by atoms with Gasteiger partial charge in [0.2, 0.25) is 5.91 Å². The quantitative estimate of drug-likeness (QED) is 0.221. The topological polar surface area (TPSA) is 110 Å². The summed E-state index contributed by atoms with van der Waals surface area (Å²) in [5.41, 5.74) is 0. The fraction of sp³-hybridized carbons (Fsp3) is 0.733.